The van der Waals surface area contributed by atoms with Crippen LogP contribution in [0.3, 0.4) is 0 Å². The van der Waals surface area contributed by atoms with Gasteiger partial charge in [-0.05, 0) is 13.3 Å². The molecule has 1 heterocycles. The number of amides is 2. The Morgan fingerprint density at radius 3 is 2.50 bits per heavy atom. The third kappa shape index (κ3) is 4.36. The van der Waals surface area contributed by atoms with E-state index in [-0.39, 0.29) is 30.5 Å². The predicted molar refractivity (Wildman–Crippen MR) is 74.3 cm³/mol. The lowest BCUT2D eigenvalue weighted by Gasteiger charge is -2.38. The number of sulfone groups is 1. The van der Waals surface area contributed by atoms with Gasteiger partial charge in [-0.1, -0.05) is 6.92 Å². The fraction of sp³-hybridized carbons (Fsp3) is 0.833. The highest BCUT2D eigenvalue weighted by molar-refractivity contribution is 7.91. The Morgan fingerprint density at radius 1 is 1.35 bits per heavy atom. The standard InChI is InChI=1S/C12H22N2O5S/c1-3-5-13(4-2)12(17)14-6-7-20(18,19)9-10(14)8-11(15)16/h10H,3-9H2,1-2H3,(H,15,16). The van der Waals surface area contributed by atoms with Crippen LogP contribution in [-0.2, 0) is 14.6 Å². The van der Waals surface area contributed by atoms with Gasteiger partial charge in [0, 0.05) is 19.6 Å². The summed E-state index contributed by atoms with van der Waals surface area (Å²) in [7, 11) is -3.26. The van der Waals surface area contributed by atoms with Crippen LogP contribution < -0.4 is 0 Å². The van der Waals surface area contributed by atoms with E-state index in [2.05, 4.69) is 0 Å². The van der Waals surface area contributed by atoms with Crippen molar-refractivity contribution in [3.05, 3.63) is 0 Å². The summed E-state index contributed by atoms with van der Waals surface area (Å²) in [6.07, 6.45) is 0.462. The topological polar surface area (TPSA) is 95.0 Å². The molecule has 0 aromatic rings. The van der Waals surface area contributed by atoms with E-state index < -0.39 is 21.8 Å². The number of nitrogens with zero attached hydrogens (tertiary/aromatic N) is 2. The van der Waals surface area contributed by atoms with Gasteiger partial charge in [-0.25, -0.2) is 13.2 Å². The van der Waals surface area contributed by atoms with Gasteiger partial charge in [0.15, 0.2) is 9.84 Å². The van der Waals surface area contributed by atoms with Gasteiger partial charge in [-0.3, -0.25) is 4.79 Å². The summed E-state index contributed by atoms with van der Waals surface area (Å²) in [6, 6.07) is -1.04. The van der Waals surface area contributed by atoms with Crippen LogP contribution in [0.25, 0.3) is 0 Å². The summed E-state index contributed by atoms with van der Waals surface area (Å²) in [4.78, 5) is 26.3. The number of urea groups is 1. The summed E-state index contributed by atoms with van der Waals surface area (Å²) in [5, 5.41) is 8.89. The molecule has 1 N–H and O–H groups in total. The number of rotatable bonds is 5. The SMILES string of the molecule is CCCN(CC)C(=O)N1CCS(=O)(=O)CC1CC(=O)O. The second kappa shape index (κ2) is 6.92. The average Bonchev–Trinajstić information content (AvgIpc) is 2.33. The zero-order chi connectivity index (χ0) is 15.3. The molecule has 7 nitrogen and oxygen atoms in total. The lowest BCUT2D eigenvalue weighted by atomic mass is 10.2. The molecule has 1 rings (SSSR count). The molecule has 1 saturated heterocycles. The minimum absolute atomic E-state index is 0.0688. The molecule has 0 saturated carbocycles. The number of hydrogen-bond acceptors (Lipinski definition) is 4. The van der Waals surface area contributed by atoms with Crippen LogP contribution in [0.2, 0.25) is 0 Å². The quantitative estimate of drug-likeness (QED) is 0.794. The van der Waals surface area contributed by atoms with E-state index in [1.54, 1.807) is 4.90 Å². The van der Waals surface area contributed by atoms with E-state index >= 15 is 0 Å². The highest BCUT2D eigenvalue weighted by Crippen LogP contribution is 2.17. The zero-order valence-corrected chi connectivity index (χ0v) is 12.7. The average molecular weight is 306 g/mol. The molecule has 1 aliphatic heterocycles. The van der Waals surface area contributed by atoms with Gasteiger partial charge in [0.2, 0.25) is 0 Å². The van der Waals surface area contributed by atoms with Crippen molar-refractivity contribution in [3.63, 3.8) is 0 Å². The third-order valence-electron chi connectivity index (χ3n) is 3.33. The van der Waals surface area contributed by atoms with Crippen LogP contribution in [0.5, 0.6) is 0 Å². The molecule has 20 heavy (non-hydrogen) atoms. The first-order valence-electron chi connectivity index (χ1n) is 6.78. The van der Waals surface area contributed by atoms with Crippen LogP contribution in [0, 0.1) is 0 Å². The Morgan fingerprint density at radius 2 is 2.00 bits per heavy atom. The van der Waals surface area contributed by atoms with E-state index in [9.17, 15) is 18.0 Å². The molecule has 1 unspecified atom stereocenters. The van der Waals surface area contributed by atoms with E-state index in [4.69, 9.17) is 5.11 Å². The molecule has 0 aromatic carbocycles. The fourth-order valence-corrected chi connectivity index (χ4v) is 3.88. The normalized spacial score (nSPS) is 21.5. The number of aliphatic carboxylic acids is 1. The molecule has 1 aliphatic rings. The summed E-state index contributed by atoms with van der Waals surface area (Å²) in [5.74, 6) is -1.46. The Balaban J connectivity index is 2.89. The number of carbonyl (C=O) groups is 2. The first-order chi connectivity index (χ1) is 9.30. The third-order valence-corrected chi connectivity index (χ3v) is 5.03. The van der Waals surface area contributed by atoms with Crippen molar-refractivity contribution >= 4 is 21.8 Å². The molecule has 0 spiro atoms. The first-order valence-corrected chi connectivity index (χ1v) is 8.60. The summed E-state index contributed by atoms with van der Waals surface area (Å²) >= 11 is 0. The monoisotopic (exact) mass is 306 g/mol. The second-order valence-corrected chi connectivity index (χ2v) is 7.15. The van der Waals surface area contributed by atoms with Gasteiger partial charge in [0.05, 0.1) is 24.0 Å². The molecule has 8 heteroatoms. The van der Waals surface area contributed by atoms with E-state index in [0.717, 1.165) is 6.42 Å². The summed E-state index contributed by atoms with van der Waals surface area (Å²) in [5.41, 5.74) is 0. The summed E-state index contributed by atoms with van der Waals surface area (Å²) < 4.78 is 23.3. The molecule has 0 bridgehead atoms. The first kappa shape index (κ1) is 16.7. The van der Waals surface area contributed by atoms with Crippen LogP contribution in [0.4, 0.5) is 4.79 Å². The lowest BCUT2D eigenvalue weighted by molar-refractivity contribution is -0.138. The van der Waals surface area contributed by atoms with Crippen LogP contribution in [0.1, 0.15) is 26.7 Å². The van der Waals surface area contributed by atoms with Crippen molar-refractivity contribution < 1.29 is 23.1 Å². The molecule has 1 fully saturated rings. The number of carboxylic acids is 1. The Kier molecular flexibility index (Phi) is 5.79. The maximum atomic E-state index is 12.4. The molecule has 116 valence electrons. The van der Waals surface area contributed by atoms with Crippen molar-refractivity contribution in [1.82, 2.24) is 9.80 Å². The minimum atomic E-state index is -3.26. The lowest BCUT2D eigenvalue weighted by Crippen LogP contribution is -2.56. The smallest absolute Gasteiger partial charge is 0.320 e. The van der Waals surface area contributed by atoms with Gasteiger partial charge >= 0.3 is 12.0 Å². The van der Waals surface area contributed by atoms with Gasteiger partial charge in [-0.2, -0.15) is 0 Å². The van der Waals surface area contributed by atoms with E-state index in [1.807, 2.05) is 13.8 Å². The molecule has 0 radical (unpaired) electrons. The largest absolute Gasteiger partial charge is 0.481 e. The maximum Gasteiger partial charge on any atom is 0.320 e. The Labute approximate surface area is 119 Å². The molecule has 1 atom stereocenters. The van der Waals surface area contributed by atoms with Crippen molar-refractivity contribution in [2.75, 3.05) is 31.1 Å². The van der Waals surface area contributed by atoms with Gasteiger partial charge in [-0.15, -0.1) is 0 Å². The van der Waals surface area contributed by atoms with Gasteiger partial charge in [0.1, 0.15) is 0 Å². The van der Waals surface area contributed by atoms with Gasteiger partial charge in [0.25, 0.3) is 0 Å². The Bertz CT molecular complexity index is 462. The van der Waals surface area contributed by atoms with E-state index in [1.165, 1.54) is 4.90 Å². The van der Waals surface area contributed by atoms with Crippen LogP contribution in [-0.4, -0.2) is 72.5 Å². The van der Waals surface area contributed by atoms with Crippen molar-refractivity contribution in [2.24, 2.45) is 0 Å². The summed E-state index contributed by atoms with van der Waals surface area (Å²) in [6.45, 7) is 4.97. The van der Waals surface area contributed by atoms with Crippen molar-refractivity contribution in [1.29, 1.82) is 0 Å². The molecular formula is C12H22N2O5S. The fourth-order valence-electron chi connectivity index (χ4n) is 2.35. The Hall–Kier alpha value is -1.31. The highest BCUT2D eigenvalue weighted by Gasteiger charge is 2.36. The minimum Gasteiger partial charge on any atom is -0.481 e. The number of carbonyl (C=O) groups excluding carboxylic acids is 1. The number of carboxylic acid groups (broad SMARTS) is 1. The highest BCUT2D eigenvalue weighted by atomic mass is 32.2. The zero-order valence-electron chi connectivity index (χ0n) is 11.9. The van der Waals surface area contributed by atoms with Crippen molar-refractivity contribution in [2.45, 2.75) is 32.7 Å². The second-order valence-electron chi connectivity index (χ2n) is 4.92. The number of hydrogen-bond donors (Lipinski definition) is 1. The van der Waals surface area contributed by atoms with Gasteiger partial charge < -0.3 is 14.9 Å². The molecular weight excluding hydrogens is 284 g/mol. The van der Waals surface area contributed by atoms with E-state index in [0.29, 0.717) is 13.1 Å². The maximum absolute atomic E-state index is 12.4. The molecule has 0 aliphatic carbocycles. The predicted octanol–water partition coefficient (Wildman–Crippen LogP) is 0.412. The molecule has 2 amide bonds. The molecule has 0 aromatic heterocycles. The van der Waals surface area contributed by atoms with Crippen LogP contribution in [0.15, 0.2) is 0 Å². The van der Waals surface area contributed by atoms with Crippen LogP contribution >= 0.6 is 0 Å². The van der Waals surface area contributed by atoms with Crippen molar-refractivity contribution in [3.8, 4) is 0 Å².